The number of halogens is 2. The molecule has 220 valence electrons. The van der Waals surface area contributed by atoms with Gasteiger partial charge in [-0.25, -0.2) is 22.8 Å². The first-order valence-corrected chi connectivity index (χ1v) is 16.9. The van der Waals surface area contributed by atoms with Gasteiger partial charge in [0.15, 0.2) is 5.13 Å². The van der Waals surface area contributed by atoms with Gasteiger partial charge in [0, 0.05) is 49.9 Å². The maximum absolute atomic E-state index is 13.5. The molecule has 5 heterocycles. The van der Waals surface area contributed by atoms with Crippen molar-refractivity contribution < 1.29 is 12.8 Å². The molecule has 0 aliphatic carbocycles. The summed E-state index contributed by atoms with van der Waals surface area (Å²) in [5, 5.41) is 10.5. The van der Waals surface area contributed by atoms with Gasteiger partial charge in [0.2, 0.25) is 10.0 Å². The average molecular weight is 628 g/mol. The molecule has 2 saturated heterocycles. The Labute approximate surface area is 253 Å². The van der Waals surface area contributed by atoms with Crippen molar-refractivity contribution in [3.05, 3.63) is 58.5 Å². The summed E-state index contributed by atoms with van der Waals surface area (Å²) >= 11 is 7.04. The number of imidazole rings is 1. The van der Waals surface area contributed by atoms with E-state index in [2.05, 4.69) is 34.6 Å². The van der Waals surface area contributed by atoms with Crippen LogP contribution in [-0.4, -0.2) is 70.9 Å². The largest absolute Gasteiger partial charge is 0.364 e. The molecule has 13 heteroatoms. The van der Waals surface area contributed by atoms with Gasteiger partial charge in [-0.3, -0.25) is 4.40 Å². The van der Waals surface area contributed by atoms with Crippen molar-refractivity contribution in [3.63, 3.8) is 0 Å². The molecule has 0 amide bonds. The molecule has 42 heavy (non-hydrogen) atoms. The molecule has 0 N–H and O–H groups in total. The van der Waals surface area contributed by atoms with Gasteiger partial charge in [0.25, 0.3) is 0 Å². The van der Waals surface area contributed by atoms with Crippen LogP contribution in [0.2, 0.25) is 0 Å². The Morgan fingerprint density at radius 2 is 1.98 bits per heavy atom. The number of nitriles is 1. The summed E-state index contributed by atoms with van der Waals surface area (Å²) in [6.07, 6.45) is 4.03. The molecule has 3 aromatic heterocycles. The van der Waals surface area contributed by atoms with Crippen molar-refractivity contribution in [2.24, 2.45) is 0 Å². The summed E-state index contributed by atoms with van der Waals surface area (Å²) in [4.78, 5) is 14.5. The number of pyridine rings is 1. The molecule has 2 aliphatic rings. The number of piperazine rings is 1. The Morgan fingerprint density at radius 1 is 1.21 bits per heavy atom. The van der Waals surface area contributed by atoms with Crippen molar-refractivity contribution in [2.75, 3.05) is 41.6 Å². The van der Waals surface area contributed by atoms with Gasteiger partial charge in [-0.05, 0) is 62.1 Å². The van der Waals surface area contributed by atoms with Crippen molar-refractivity contribution in [1.82, 2.24) is 18.7 Å². The maximum Gasteiger partial charge on any atom is 0.214 e. The molecular formula is C29H31ClFN7O2S2. The number of sulfonamides is 1. The minimum Gasteiger partial charge on any atom is -0.364 e. The Kier molecular flexibility index (Phi) is 7.64. The molecule has 0 saturated carbocycles. The number of aromatic nitrogens is 3. The number of hydrogen-bond acceptors (Lipinski definition) is 8. The molecule has 2 atom stereocenters. The van der Waals surface area contributed by atoms with Crippen LogP contribution in [0.15, 0.2) is 36.5 Å². The first-order valence-electron chi connectivity index (χ1n) is 13.9. The van der Waals surface area contributed by atoms with Crippen LogP contribution >= 0.6 is 22.9 Å². The molecular weight excluding hydrogens is 597 g/mol. The molecule has 2 fully saturated rings. The summed E-state index contributed by atoms with van der Waals surface area (Å²) in [6.45, 7) is 5.21. The van der Waals surface area contributed by atoms with Crippen LogP contribution in [0.1, 0.15) is 35.9 Å². The maximum atomic E-state index is 13.5. The minimum atomic E-state index is -3.32. The molecule has 0 radical (unpaired) electrons. The predicted octanol–water partition coefficient (Wildman–Crippen LogP) is 5.33. The molecule has 1 unspecified atom stereocenters. The lowest BCUT2D eigenvalue weighted by Crippen LogP contribution is -2.49. The lowest BCUT2D eigenvalue weighted by Gasteiger charge is -2.35. The van der Waals surface area contributed by atoms with E-state index in [0.717, 1.165) is 34.8 Å². The third kappa shape index (κ3) is 4.92. The number of fused-ring (bicyclic) bond motifs is 3. The van der Waals surface area contributed by atoms with E-state index in [1.165, 1.54) is 23.5 Å². The fourth-order valence-corrected chi connectivity index (χ4v) is 9.03. The third-order valence-corrected chi connectivity index (χ3v) is 11.4. The molecule has 1 aromatic carbocycles. The van der Waals surface area contributed by atoms with E-state index < -0.39 is 10.0 Å². The lowest BCUT2D eigenvalue weighted by atomic mass is 10.1. The lowest BCUT2D eigenvalue weighted by molar-refractivity contribution is 0.368. The molecule has 2 bridgehead atoms. The van der Waals surface area contributed by atoms with Gasteiger partial charge in [-0.15, -0.1) is 11.6 Å². The third-order valence-electron chi connectivity index (χ3n) is 8.12. The van der Waals surface area contributed by atoms with E-state index in [1.54, 1.807) is 16.4 Å². The second-order valence-corrected chi connectivity index (χ2v) is 14.2. The minimum absolute atomic E-state index is 0.0490. The zero-order valence-electron chi connectivity index (χ0n) is 23.6. The van der Waals surface area contributed by atoms with Gasteiger partial charge < -0.3 is 9.80 Å². The Hall–Kier alpha value is -3.24. The molecule has 2 aliphatic heterocycles. The molecule has 4 aromatic rings. The number of nitrogens with zero attached hydrogens (tertiary/aromatic N) is 7. The number of anilines is 3. The van der Waals surface area contributed by atoms with Crippen LogP contribution in [0.3, 0.4) is 0 Å². The van der Waals surface area contributed by atoms with Crippen LogP contribution < -0.4 is 9.80 Å². The van der Waals surface area contributed by atoms with E-state index in [9.17, 15) is 18.1 Å². The zero-order valence-corrected chi connectivity index (χ0v) is 26.0. The highest BCUT2D eigenvalue weighted by atomic mass is 35.5. The van der Waals surface area contributed by atoms with E-state index in [1.807, 2.05) is 18.9 Å². The van der Waals surface area contributed by atoms with Crippen molar-refractivity contribution >= 4 is 55.2 Å². The first kappa shape index (κ1) is 28.9. The average Bonchev–Trinajstić information content (AvgIpc) is 3.77. The summed E-state index contributed by atoms with van der Waals surface area (Å²) < 4.78 is 43.1. The van der Waals surface area contributed by atoms with Crippen molar-refractivity contribution in [1.29, 1.82) is 5.26 Å². The molecule has 6 rings (SSSR count). The van der Waals surface area contributed by atoms with Crippen LogP contribution in [-0.2, 0) is 16.4 Å². The quantitative estimate of drug-likeness (QED) is 0.231. The van der Waals surface area contributed by atoms with E-state index in [4.69, 9.17) is 21.6 Å². The molecule has 9 nitrogen and oxygen atoms in total. The highest BCUT2D eigenvalue weighted by Gasteiger charge is 2.48. The SMILES string of the molecule is CCc1nc2c(C)cc(N3C[C@H]4CC3CN4S(=O)(=O)CCCCl)cn2c1N(C)c1nc(-c2ccc(F)cc2)c(C#N)s1. The normalized spacial score (nSPS) is 18.7. The van der Waals surface area contributed by atoms with Gasteiger partial charge in [0.05, 0.1) is 17.1 Å². The van der Waals surface area contributed by atoms with Gasteiger partial charge >= 0.3 is 0 Å². The fourth-order valence-electron chi connectivity index (χ4n) is 6.14. The fraction of sp³-hybridized carbons (Fsp3) is 0.414. The highest BCUT2D eigenvalue weighted by molar-refractivity contribution is 7.89. The van der Waals surface area contributed by atoms with E-state index in [-0.39, 0.29) is 23.7 Å². The van der Waals surface area contributed by atoms with Crippen molar-refractivity contribution in [3.8, 4) is 17.3 Å². The summed E-state index contributed by atoms with van der Waals surface area (Å²) in [5.41, 5.74) is 4.96. The van der Waals surface area contributed by atoms with Crippen molar-refractivity contribution in [2.45, 2.75) is 45.2 Å². The number of thiazole rings is 1. The van der Waals surface area contributed by atoms with Gasteiger partial charge in [-0.2, -0.15) is 9.57 Å². The highest BCUT2D eigenvalue weighted by Crippen LogP contribution is 2.40. The number of rotatable bonds is 9. The Balaban J connectivity index is 1.35. The second-order valence-electron chi connectivity index (χ2n) is 10.8. The smallest absolute Gasteiger partial charge is 0.214 e. The zero-order chi connectivity index (χ0) is 29.8. The Bertz CT molecular complexity index is 1800. The summed E-state index contributed by atoms with van der Waals surface area (Å²) in [6, 6.07) is 10.4. The number of hydrogen-bond donors (Lipinski definition) is 0. The van der Waals surface area contributed by atoms with Crippen LogP contribution in [0, 0.1) is 24.1 Å². The number of aryl methyl sites for hydroxylation is 2. The van der Waals surface area contributed by atoms with E-state index in [0.29, 0.717) is 53.1 Å². The number of benzene rings is 1. The van der Waals surface area contributed by atoms with Crippen LogP contribution in [0.25, 0.3) is 16.9 Å². The number of alkyl halides is 1. The van der Waals surface area contributed by atoms with Gasteiger partial charge in [0.1, 0.15) is 33.9 Å². The molecule has 0 spiro atoms. The summed E-state index contributed by atoms with van der Waals surface area (Å²) in [5.74, 6) is 0.931. The monoisotopic (exact) mass is 627 g/mol. The Morgan fingerprint density at radius 3 is 2.62 bits per heavy atom. The van der Waals surface area contributed by atoms with E-state index >= 15 is 0 Å². The second kappa shape index (κ2) is 11.1. The predicted molar refractivity (Wildman–Crippen MR) is 165 cm³/mol. The standard InChI is InChI=1S/C29H31ClFN7O2S2/c1-4-24-28(35(3)29-34-26(25(14-32)41-29)19-6-8-20(31)9-7-19)37-15-21(12-18(2)27(37)33-24)36-16-23-13-22(36)17-38(23)42(39,40)11-5-10-30/h6-9,12,15,22-23H,4-5,10-11,13,16-17H2,1-3H3/t22?,23-/m1/s1. The topological polar surface area (TPSA) is 97.8 Å². The van der Waals surface area contributed by atoms with Gasteiger partial charge in [-0.1, -0.05) is 18.3 Å². The first-order chi connectivity index (χ1) is 20.1. The summed E-state index contributed by atoms with van der Waals surface area (Å²) in [7, 11) is -1.41. The van der Waals surface area contributed by atoms with Crippen LogP contribution in [0.4, 0.5) is 21.0 Å². The van der Waals surface area contributed by atoms with Crippen LogP contribution in [0.5, 0.6) is 0 Å².